The first-order valence-electron chi connectivity index (χ1n) is 9.46. The lowest BCUT2D eigenvalue weighted by molar-refractivity contribution is 0.413. The van der Waals surface area contributed by atoms with Gasteiger partial charge in [-0.1, -0.05) is 6.07 Å². The summed E-state index contributed by atoms with van der Waals surface area (Å²) in [5.41, 5.74) is 0.925. The van der Waals surface area contributed by atoms with Gasteiger partial charge in [0.05, 0.1) is 23.2 Å². The van der Waals surface area contributed by atoms with E-state index < -0.39 is 21.7 Å². The number of sulfonamides is 1. The molecular formula is C23H18F2N2O4S. The summed E-state index contributed by atoms with van der Waals surface area (Å²) in [6.07, 6.45) is 0. The largest absolute Gasteiger partial charge is 0.497 e. The van der Waals surface area contributed by atoms with Crippen molar-refractivity contribution < 1.29 is 26.7 Å². The van der Waals surface area contributed by atoms with Crippen LogP contribution < -0.4 is 14.2 Å². The van der Waals surface area contributed by atoms with Crippen molar-refractivity contribution in [3.8, 4) is 17.2 Å². The minimum atomic E-state index is -4.04. The zero-order valence-electron chi connectivity index (χ0n) is 17.1. The molecule has 0 saturated heterocycles. The van der Waals surface area contributed by atoms with Crippen LogP contribution >= 0.6 is 0 Å². The van der Waals surface area contributed by atoms with Gasteiger partial charge in [0, 0.05) is 29.3 Å². The maximum absolute atomic E-state index is 14.7. The molecule has 6 nitrogen and oxygen atoms in total. The Balaban J connectivity index is 1.62. The summed E-state index contributed by atoms with van der Waals surface area (Å²) >= 11 is 0. The molecule has 0 aliphatic heterocycles. The molecule has 164 valence electrons. The standard InChI is InChI=1S/C23H18F2N2O4S/c1-14-10-23(19-11-15(24)6-8-21(19)26-14)31-17-7-9-22(20(25)13-17)27-32(28,29)18-5-3-4-16(12-18)30-2/h3-13,27H,1-2H3. The zero-order valence-corrected chi connectivity index (χ0v) is 17.9. The Hall–Kier alpha value is -3.72. The van der Waals surface area contributed by atoms with Gasteiger partial charge in [0.15, 0.2) is 5.82 Å². The van der Waals surface area contributed by atoms with Crippen LogP contribution in [0.1, 0.15) is 5.69 Å². The highest BCUT2D eigenvalue weighted by atomic mass is 32.2. The molecule has 1 aromatic heterocycles. The van der Waals surface area contributed by atoms with Crippen molar-refractivity contribution in [1.29, 1.82) is 0 Å². The van der Waals surface area contributed by atoms with Crippen LogP contribution in [0.5, 0.6) is 17.2 Å². The minimum Gasteiger partial charge on any atom is -0.497 e. The molecule has 1 heterocycles. The third-order valence-electron chi connectivity index (χ3n) is 4.63. The highest BCUT2D eigenvalue weighted by Crippen LogP contribution is 2.32. The molecule has 4 rings (SSSR count). The third kappa shape index (κ3) is 4.47. The fourth-order valence-electron chi connectivity index (χ4n) is 3.12. The first-order valence-corrected chi connectivity index (χ1v) is 10.9. The molecule has 0 saturated carbocycles. The molecule has 4 aromatic rings. The number of anilines is 1. The highest BCUT2D eigenvalue weighted by molar-refractivity contribution is 7.92. The van der Waals surface area contributed by atoms with E-state index in [-0.39, 0.29) is 16.3 Å². The fraction of sp³-hybridized carbons (Fsp3) is 0.0870. The monoisotopic (exact) mass is 456 g/mol. The van der Waals surface area contributed by atoms with Gasteiger partial charge in [0.1, 0.15) is 23.1 Å². The summed E-state index contributed by atoms with van der Waals surface area (Å²) in [4.78, 5) is 4.25. The topological polar surface area (TPSA) is 77.5 Å². The molecule has 0 atom stereocenters. The van der Waals surface area contributed by atoms with Crippen molar-refractivity contribution in [2.45, 2.75) is 11.8 Å². The first-order chi connectivity index (χ1) is 15.2. The highest BCUT2D eigenvalue weighted by Gasteiger charge is 2.18. The number of nitrogens with zero attached hydrogens (tertiary/aromatic N) is 1. The van der Waals surface area contributed by atoms with Crippen LogP contribution in [0.25, 0.3) is 10.9 Å². The summed E-state index contributed by atoms with van der Waals surface area (Å²) < 4.78 is 66.6. The number of hydrogen-bond acceptors (Lipinski definition) is 5. The Kier molecular flexibility index (Phi) is 5.67. The Labute approximate surface area is 183 Å². The predicted octanol–water partition coefficient (Wildman–Crippen LogP) is 5.42. The lowest BCUT2D eigenvalue weighted by Crippen LogP contribution is -2.14. The number of aryl methyl sites for hydroxylation is 1. The number of halogens is 2. The number of nitrogens with one attached hydrogen (secondary N) is 1. The number of rotatable bonds is 6. The van der Waals surface area contributed by atoms with Gasteiger partial charge in [-0.3, -0.25) is 9.71 Å². The lowest BCUT2D eigenvalue weighted by atomic mass is 10.2. The van der Waals surface area contributed by atoms with E-state index in [0.29, 0.717) is 28.1 Å². The van der Waals surface area contributed by atoms with E-state index in [1.54, 1.807) is 19.1 Å². The van der Waals surface area contributed by atoms with Crippen molar-refractivity contribution in [2.75, 3.05) is 11.8 Å². The predicted molar refractivity (Wildman–Crippen MR) is 117 cm³/mol. The zero-order chi connectivity index (χ0) is 22.9. The molecule has 0 amide bonds. The Bertz CT molecular complexity index is 1430. The van der Waals surface area contributed by atoms with Crippen LogP contribution in [0.3, 0.4) is 0 Å². The van der Waals surface area contributed by atoms with Crippen LogP contribution in [0.4, 0.5) is 14.5 Å². The summed E-state index contributed by atoms with van der Waals surface area (Å²) in [6, 6.07) is 15.2. The van der Waals surface area contributed by atoms with Crippen molar-refractivity contribution in [2.24, 2.45) is 0 Å². The molecule has 0 radical (unpaired) electrons. The second-order valence-corrected chi connectivity index (χ2v) is 8.63. The third-order valence-corrected chi connectivity index (χ3v) is 5.99. The summed E-state index contributed by atoms with van der Waals surface area (Å²) in [7, 11) is -2.62. The molecule has 0 spiro atoms. The molecule has 0 unspecified atom stereocenters. The van der Waals surface area contributed by atoms with E-state index >= 15 is 0 Å². The molecule has 0 aliphatic rings. The van der Waals surface area contributed by atoms with Gasteiger partial charge in [-0.25, -0.2) is 17.2 Å². The van der Waals surface area contributed by atoms with Gasteiger partial charge in [0.2, 0.25) is 0 Å². The lowest BCUT2D eigenvalue weighted by Gasteiger charge is -2.13. The smallest absolute Gasteiger partial charge is 0.262 e. The molecule has 0 bridgehead atoms. The van der Waals surface area contributed by atoms with Crippen LogP contribution in [0, 0.1) is 18.6 Å². The number of methoxy groups -OCH3 is 1. The molecule has 1 N–H and O–H groups in total. The first kappa shape index (κ1) is 21.5. The van der Waals surface area contributed by atoms with E-state index in [2.05, 4.69) is 9.71 Å². The van der Waals surface area contributed by atoms with Gasteiger partial charge >= 0.3 is 0 Å². The Morgan fingerprint density at radius 2 is 1.75 bits per heavy atom. The van der Waals surface area contributed by atoms with Crippen molar-refractivity contribution in [3.63, 3.8) is 0 Å². The fourth-order valence-corrected chi connectivity index (χ4v) is 4.22. The van der Waals surface area contributed by atoms with Crippen LogP contribution in [0.2, 0.25) is 0 Å². The average molecular weight is 456 g/mol. The van der Waals surface area contributed by atoms with Crippen molar-refractivity contribution >= 4 is 26.6 Å². The molecule has 32 heavy (non-hydrogen) atoms. The number of hydrogen-bond donors (Lipinski definition) is 1. The summed E-state index contributed by atoms with van der Waals surface area (Å²) in [6.45, 7) is 1.76. The molecular weight excluding hydrogens is 438 g/mol. The van der Waals surface area contributed by atoms with Crippen LogP contribution in [0.15, 0.2) is 71.6 Å². The summed E-state index contributed by atoms with van der Waals surface area (Å²) in [5, 5.41) is 0.429. The van der Waals surface area contributed by atoms with Gasteiger partial charge in [-0.05, 0) is 49.4 Å². The number of benzene rings is 3. The van der Waals surface area contributed by atoms with E-state index in [4.69, 9.17) is 9.47 Å². The van der Waals surface area contributed by atoms with Gasteiger partial charge in [-0.15, -0.1) is 0 Å². The van der Waals surface area contributed by atoms with Gasteiger partial charge < -0.3 is 9.47 Å². The number of ether oxygens (including phenoxy) is 2. The maximum atomic E-state index is 14.7. The average Bonchev–Trinajstić information content (AvgIpc) is 2.76. The van der Waals surface area contributed by atoms with E-state index in [9.17, 15) is 17.2 Å². The second-order valence-electron chi connectivity index (χ2n) is 6.95. The van der Waals surface area contributed by atoms with Crippen LogP contribution in [-0.2, 0) is 10.0 Å². The second kappa shape index (κ2) is 8.43. The normalized spacial score (nSPS) is 11.4. The number of pyridine rings is 1. The Morgan fingerprint density at radius 1 is 0.938 bits per heavy atom. The maximum Gasteiger partial charge on any atom is 0.262 e. The molecule has 0 aliphatic carbocycles. The van der Waals surface area contributed by atoms with Crippen molar-refractivity contribution in [1.82, 2.24) is 4.98 Å². The number of aromatic nitrogens is 1. The molecule has 3 aromatic carbocycles. The van der Waals surface area contributed by atoms with Gasteiger partial charge in [0.25, 0.3) is 10.0 Å². The molecule has 9 heteroatoms. The minimum absolute atomic E-state index is 0.0719. The van der Waals surface area contributed by atoms with E-state index in [1.165, 1.54) is 55.6 Å². The number of fused-ring (bicyclic) bond motifs is 1. The van der Waals surface area contributed by atoms with Crippen LogP contribution in [-0.4, -0.2) is 20.5 Å². The molecule has 0 fully saturated rings. The Morgan fingerprint density at radius 3 is 2.50 bits per heavy atom. The van der Waals surface area contributed by atoms with E-state index in [1.807, 2.05) is 0 Å². The quantitative estimate of drug-likeness (QED) is 0.419. The SMILES string of the molecule is COc1cccc(S(=O)(=O)Nc2ccc(Oc3cc(C)nc4ccc(F)cc34)cc2F)c1. The van der Waals surface area contributed by atoms with E-state index in [0.717, 1.165) is 6.07 Å². The van der Waals surface area contributed by atoms with Crippen molar-refractivity contribution in [3.05, 3.63) is 84.1 Å². The van der Waals surface area contributed by atoms with Gasteiger partial charge in [-0.2, -0.15) is 0 Å². The summed E-state index contributed by atoms with van der Waals surface area (Å²) in [5.74, 6) is -0.524.